The van der Waals surface area contributed by atoms with Crippen LogP contribution in [0.3, 0.4) is 0 Å². The molecule has 0 aromatic rings. The fourth-order valence-electron chi connectivity index (χ4n) is 2.82. The number of hydrogen-bond acceptors (Lipinski definition) is 4. The lowest BCUT2D eigenvalue weighted by Gasteiger charge is -2.23. The van der Waals surface area contributed by atoms with Crippen LogP contribution in [0.5, 0.6) is 0 Å². The van der Waals surface area contributed by atoms with E-state index in [1.54, 1.807) is 0 Å². The summed E-state index contributed by atoms with van der Waals surface area (Å²) >= 11 is 1.91. The lowest BCUT2D eigenvalue weighted by atomic mass is 10.2. The molecule has 2 aliphatic heterocycles. The predicted molar refractivity (Wildman–Crippen MR) is 93.7 cm³/mol. The molecule has 0 aromatic carbocycles. The van der Waals surface area contributed by atoms with Crippen LogP contribution in [0.1, 0.15) is 38.5 Å². The summed E-state index contributed by atoms with van der Waals surface area (Å²) in [6, 6.07) is 0.316. The van der Waals surface area contributed by atoms with Gasteiger partial charge < -0.3 is 15.5 Å². The Morgan fingerprint density at radius 1 is 1.36 bits per heavy atom. The maximum Gasteiger partial charge on any atom is 0.222 e. The van der Waals surface area contributed by atoms with E-state index in [0.29, 0.717) is 25.4 Å². The number of likely N-dealkylation sites (tertiary alicyclic amines) is 1. The van der Waals surface area contributed by atoms with Gasteiger partial charge in [0.1, 0.15) is 0 Å². The van der Waals surface area contributed by atoms with E-state index in [1.807, 2.05) is 16.7 Å². The second-order valence-corrected chi connectivity index (χ2v) is 6.97. The van der Waals surface area contributed by atoms with Crippen LogP contribution in [0.4, 0.5) is 0 Å². The van der Waals surface area contributed by atoms with Crippen LogP contribution in [0, 0.1) is 0 Å². The maximum absolute atomic E-state index is 11.8. The minimum absolute atomic E-state index is 0. The molecule has 5 nitrogen and oxygen atoms in total. The first-order chi connectivity index (χ1) is 10.3. The van der Waals surface area contributed by atoms with Gasteiger partial charge in [-0.05, 0) is 19.3 Å². The van der Waals surface area contributed by atoms with Crippen molar-refractivity contribution in [1.29, 1.82) is 0 Å². The van der Waals surface area contributed by atoms with Crippen LogP contribution in [0.25, 0.3) is 0 Å². The Morgan fingerprint density at radius 3 is 3.00 bits per heavy atom. The van der Waals surface area contributed by atoms with Crippen molar-refractivity contribution in [2.45, 2.75) is 44.6 Å². The molecule has 2 fully saturated rings. The molecule has 2 rings (SSSR count). The minimum atomic E-state index is 0. The van der Waals surface area contributed by atoms with Crippen molar-refractivity contribution < 1.29 is 9.59 Å². The standard InChI is InChI=1S/C15H27N3O2S.ClH/c19-14(11-13-12-21-10-7-16-13)17-6-4-9-18-8-3-1-2-5-15(18)20;/h13,16H,1-12H2,(H,17,19);1H. The van der Waals surface area contributed by atoms with Crippen LogP contribution in [-0.2, 0) is 9.59 Å². The summed E-state index contributed by atoms with van der Waals surface area (Å²) in [5.41, 5.74) is 0. The number of thioether (sulfide) groups is 1. The summed E-state index contributed by atoms with van der Waals surface area (Å²) in [6.07, 6.45) is 5.41. The fraction of sp³-hybridized carbons (Fsp3) is 0.867. The number of amides is 2. The molecule has 2 amide bonds. The van der Waals surface area contributed by atoms with Crippen LogP contribution in [-0.4, -0.2) is 60.4 Å². The predicted octanol–water partition coefficient (Wildman–Crippen LogP) is 1.41. The van der Waals surface area contributed by atoms with Crippen molar-refractivity contribution in [3.8, 4) is 0 Å². The van der Waals surface area contributed by atoms with Gasteiger partial charge in [-0.3, -0.25) is 9.59 Å². The van der Waals surface area contributed by atoms with Gasteiger partial charge in [-0.15, -0.1) is 12.4 Å². The zero-order valence-corrected chi connectivity index (χ0v) is 14.8. The quantitative estimate of drug-likeness (QED) is 0.712. The van der Waals surface area contributed by atoms with Gasteiger partial charge in [0.2, 0.25) is 11.8 Å². The highest BCUT2D eigenvalue weighted by Gasteiger charge is 2.17. The van der Waals surface area contributed by atoms with Gasteiger partial charge in [0, 0.05) is 56.6 Å². The van der Waals surface area contributed by atoms with Crippen LogP contribution in [0.2, 0.25) is 0 Å². The first kappa shape index (κ1) is 19.6. The smallest absolute Gasteiger partial charge is 0.222 e. The Bertz CT molecular complexity index is 352. The molecular formula is C15H28ClN3O2S. The molecule has 7 heteroatoms. The van der Waals surface area contributed by atoms with Crippen molar-refractivity contribution in [3.05, 3.63) is 0 Å². The van der Waals surface area contributed by atoms with Crippen molar-refractivity contribution >= 4 is 36.0 Å². The molecule has 22 heavy (non-hydrogen) atoms. The monoisotopic (exact) mass is 349 g/mol. The Balaban J connectivity index is 0.00000242. The first-order valence-corrected chi connectivity index (χ1v) is 9.27. The van der Waals surface area contributed by atoms with E-state index < -0.39 is 0 Å². The zero-order chi connectivity index (χ0) is 14.9. The highest BCUT2D eigenvalue weighted by Crippen LogP contribution is 2.11. The molecule has 0 bridgehead atoms. The lowest BCUT2D eigenvalue weighted by Crippen LogP contribution is -2.41. The molecule has 0 saturated carbocycles. The fourth-order valence-corrected chi connectivity index (χ4v) is 3.77. The number of carbonyl (C=O) groups is 2. The number of carbonyl (C=O) groups excluding carboxylic acids is 2. The van der Waals surface area contributed by atoms with E-state index in [2.05, 4.69) is 10.6 Å². The number of halogens is 1. The van der Waals surface area contributed by atoms with E-state index in [1.165, 1.54) is 0 Å². The van der Waals surface area contributed by atoms with Gasteiger partial charge in [-0.2, -0.15) is 11.8 Å². The normalized spacial score (nSPS) is 22.6. The van der Waals surface area contributed by atoms with Crippen molar-refractivity contribution in [1.82, 2.24) is 15.5 Å². The molecule has 0 spiro atoms. The Morgan fingerprint density at radius 2 is 2.23 bits per heavy atom. The second-order valence-electron chi connectivity index (χ2n) is 5.83. The molecule has 2 heterocycles. The maximum atomic E-state index is 11.8. The third kappa shape index (κ3) is 7.20. The van der Waals surface area contributed by atoms with Gasteiger partial charge in [-0.1, -0.05) is 6.42 Å². The molecule has 0 aliphatic carbocycles. The van der Waals surface area contributed by atoms with Crippen molar-refractivity contribution in [2.75, 3.05) is 37.7 Å². The van der Waals surface area contributed by atoms with E-state index in [0.717, 1.165) is 56.8 Å². The number of rotatable bonds is 6. The van der Waals surface area contributed by atoms with Gasteiger partial charge >= 0.3 is 0 Å². The second kappa shape index (κ2) is 11.1. The molecule has 0 aromatic heterocycles. The molecular weight excluding hydrogens is 322 g/mol. The van der Waals surface area contributed by atoms with Crippen LogP contribution >= 0.6 is 24.2 Å². The first-order valence-electron chi connectivity index (χ1n) is 8.11. The summed E-state index contributed by atoms with van der Waals surface area (Å²) < 4.78 is 0. The molecule has 2 saturated heterocycles. The largest absolute Gasteiger partial charge is 0.356 e. The van der Waals surface area contributed by atoms with Gasteiger partial charge in [0.25, 0.3) is 0 Å². The molecule has 2 aliphatic rings. The zero-order valence-electron chi connectivity index (χ0n) is 13.1. The molecule has 1 unspecified atom stereocenters. The van der Waals surface area contributed by atoms with E-state index in [9.17, 15) is 9.59 Å². The van der Waals surface area contributed by atoms with E-state index >= 15 is 0 Å². The Hall–Kier alpha value is -0.460. The molecule has 0 radical (unpaired) electrons. The highest BCUT2D eigenvalue weighted by molar-refractivity contribution is 7.99. The Kier molecular flexibility index (Phi) is 9.91. The third-order valence-electron chi connectivity index (χ3n) is 4.03. The number of nitrogens with one attached hydrogen (secondary N) is 2. The van der Waals surface area contributed by atoms with Gasteiger partial charge in [0.05, 0.1) is 0 Å². The van der Waals surface area contributed by atoms with Crippen LogP contribution < -0.4 is 10.6 Å². The number of hydrogen-bond donors (Lipinski definition) is 2. The summed E-state index contributed by atoms with van der Waals surface area (Å²) in [5, 5.41) is 6.34. The average Bonchev–Trinajstić information content (AvgIpc) is 2.69. The minimum Gasteiger partial charge on any atom is -0.356 e. The molecule has 2 N–H and O–H groups in total. The summed E-state index contributed by atoms with van der Waals surface area (Å²) in [4.78, 5) is 25.6. The van der Waals surface area contributed by atoms with Gasteiger partial charge in [0.15, 0.2) is 0 Å². The van der Waals surface area contributed by atoms with Crippen molar-refractivity contribution in [3.63, 3.8) is 0 Å². The summed E-state index contributed by atoms with van der Waals surface area (Å²) in [5.74, 6) is 2.57. The number of nitrogens with zero attached hydrogens (tertiary/aromatic N) is 1. The van der Waals surface area contributed by atoms with E-state index in [-0.39, 0.29) is 24.2 Å². The van der Waals surface area contributed by atoms with Crippen molar-refractivity contribution in [2.24, 2.45) is 0 Å². The van der Waals surface area contributed by atoms with Crippen LogP contribution in [0.15, 0.2) is 0 Å². The van der Waals surface area contributed by atoms with Gasteiger partial charge in [-0.25, -0.2) is 0 Å². The lowest BCUT2D eigenvalue weighted by molar-refractivity contribution is -0.130. The van der Waals surface area contributed by atoms with E-state index in [4.69, 9.17) is 0 Å². The Labute approximate surface area is 143 Å². The topological polar surface area (TPSA) is 61.4 Å². The summed E-state index contributed by atoms with van der Waals surface area (Å²) in [6.45, 7) is 3.33. The summed E-state index contributed by atoms with van der Waals surface area (Å²) in [7, 11) is 0. The highest BCUT2D eigenvalue weighted by atomic mass is 35.5. The average molecular weight is 350 g/mol. The molecule has 128 valence electrons. The molecule has 1 atom stereocenters. The SMILES string of the molecule is Cl.O=C(CC1CSCCN1)NCCCN1CCCCCC1=O. The third-order valence-corrected chi connectivity index (χ3v) is 5.16.